The monoisotopic (exact) mass is 393 g/mol. The molecule has 0 unspecified atom stereocenters. The highest BCUT2D eigenvalue weighted by atomic mass is 19.4. The molecule has 150 valence electrons. The van der Waals surface area contributed by atoms with E-state index >= 15 is 0 Å². The first kappa shape index (κ1) is 21.3. The molecule has 8 heteroatoms. The van der Waals surface area contributed by atoms with Gasteiger partial charge in [-0.1, -0.05) is 48.5 Å². The van der Waals surface area contributed by atoms with E-state index in [1.807, 2.05) is 30.3 Å². The van der Waals surface area contributed by atoms with Crippen molar-refractivity contribution in [3.8, 4) is 0 Å². The van der Waals surface area contributed by atoms with E-state index in [0.29, 0.717) is 6.54 Å². The molecule has 0 radical (unpaired) electrons. The van der Waals surface area contributed by atoms with Gasteiger partial charge in [-0.25, -0.2) is 4.79 Å². The first-order chi connectivity index (χ1) is 13.4. The van der Waals surface area contributed by atoms with Gasteiger partial charge in [0, 0.05) is 26.1 Å². The van der Waals surface area contributed by atoms with Gasteiger partial charge >= 0.3 is 12.2 Å². The number of benzene rings is 2. The molecule has 0 bridgehead atoms. The van der Waals surface area contributed by atoms with Crippen LogP contribution in [0.25, 0.3) is 0 Å². The van der Waals surface area contributed by atoms with Gasteiger partial charge in [0.05, 0.1) is 5.56 Å². The second-order valence-corrected chi connectivity index (χ2v) is 6.10. The summed E-state index contributed by atoms with van der Waals surface area (Å²) >= 11 is 0. The molecular formula is C20H22F3N3O2. The Morgan fingerprint density at radius 3 is 2.18 bits per heavy atom. The lowest BCUT2D eigenvalue weighted by Gasteiger charge is -2.13. The number of halogens is 3. The number of carbonyl (C=O) groups is 2. The number of rotatable bonds is 8. The molecule has 3 amide bonds. The maximum absolute atomic E-state index is 12.9. The van der Waals surface area contributed by atoms with Crippen LogP contribution in [0.3, 0.4) is 0 Å². The molecule has 0 atom stereocenters. The van der Waals surface area contributed by atoms with Crippen molar-refractivity contribution in [1.82, 2.24) is 16.0 Å². The van der Waals surface area contributed by atoms with Crippen LogP contribution in [0, 0.1) is 0 Å². The van der Waals surface area contributed by atoms with E-state index < -0.39 is 17.8 Å². The van der Waals surface area contributed by atoms with E-state index in [1.54, 1.807) is 0 Å². The van der Waals surface area contributed by atoms with Crippen molar-refractivity contribution >= 4 is 11.9 Å². The van der Waals surface area contributed by atoms with Gasteiger partial charge in [0.25, 0.3) is 0 Å². The Hall–Kier alpha value is -3.03. The maximum atomic E-state index is 12.9. The molecule has 0 aliphatic carbocycles. The van der Waals surface area contributed by atoms with Crippen LogP contribution in [-0.4, -0.2) is 25.0 Å². The molecule has 0 aliphatic rings. The number of carbonyl (C=O) groups excluding carboxylic acids is 2. The number of amides is 3. The number of alkyl halides is 3. The van der Waals surface area contributed by atoms with Gasteiger partial charge in [-0.15, -0.1) is 0 Å². The Morgan fingerprint density at radius 2 is 1.46 bits per heavy atom. The van der Waals surface area contributed by atoms with Gasteiger partial charge < -0.3 is 16.0 Å². The van der Waals surface area contributed by atoms with E-state index in [9.17, 15) is 22.8 Å². The van der Waals surface area contributed by atoms with Crippen molar-refractivity contribution in [2.45, 2.75) is 25.6 Å². The van der Waals surface area contributed by atoms with Crippen molar-refractivity contribution in [2.24, 2.45) is 0 Å². The molecule has 3 N–H and O–H groups in total. The average Bonchev–Trinajstić information content (AvgIpc) is 2.67. The molecule has 0 heterocycles. The summed E-state index contributed by atoms with van der Waals surface area (Å²) < 4.78 is 38.7. The maximum Gasteiger partial charge on any atom is 0.416 e. The molecule has 0 aliphatic heterocycles. The quantitative estimate of drug-likeness (QED) is 0.644. The highest BCUT2D eigenvalue weighted by molar-refractivity contribution is 5.78. The van der Waals surface area contributed by atoms with Crippen LogP contribution in [0.1, 0.15) is 23.1 Å². The SMILES string of the molecule is O=C(CCNC(=O)NCCc1ccccc1C(F)(F)F)NCc1ccccc1. The van der Waals surface area contributed by atoms with Gasteiger partial charge in [0.1, 0.15) is 0 Å². The Morgan fingerprint density at radius 1 is 0.821 bits per heavy atom. The van der Waals surface area contributed by atoms with Crippen LogP contribution in [0.5, 0.6) is 0 Å². The molecule has 0 aromatic heterocycles. The lowest BCUT2D eigenvalue weighted by Crippen LogP contribution is -2.38. The molecule has 0 saturated carbocycles. The summed E-state index contributed by atoms with van der Waals surface area (Å²) in [4.78, 5) is 23.4. The van der Waals surface area contributed by atoms with Gasteiger partial charge in [-0.2, -0.15) is 13.2 Å². The van der Waals surface area contributed by atoms with Crippen molar-refractivity contribution in [1.29, 1.82) is 0 Å². The first-order valence-corrected chi connectivity index (χ1v) is 8.83. The van der Waals surface area contributed by atoms with Crippen LogP contribution < -0.4 is 16.0 Å². The van der Waals surface area contributed by atoms with Crippen LogP contribution in [-0.2, 0) is 23.9 Å². The van der Waals surface area contributed by atoms with Gasteiger partial charge in [0.2, 0.25) is 5.91 Å². The lowest BCUT2D eigenvalue weighted by molar-refractivity contribution is -0.138. The minimum Gasteiger partial charge on any atom is -0.352 e. The summed E-state index contributed by atoms with van der Waals surface area (Å²) in [5.41, 5.74) is 0.392. The van der Waals surface area contributed by atoms with Crippen LogP contribution >= 0.6 is 0 Å². The summed E-state index contributed by atoms with van der Waals surface area (Å²) in [5, 5.41) is 7.74. The lowest BCUT2D eigenvalue weighted by atomic mass is 10.0. The number of nitrogens with one attached hydrogen (secondary N) is 3. The van der Waals surface area contributed by atoms with Crippen molar-refractivity contribution in [2.75, 3.05) is 13.1 Å². The highest BCUT2D eigenvalue weighted by Crippen LogP contribution is 2.31. The summed E-state index contributed by atoms with van der Waals surface area (Å²) in [6, 6.07) is 14.2. The standard InChI is InChI=1S/C20H22F3N3O2/c21-20(22,23)17-9-5-4-8-16(17)10-12-24-19(28)25-13-11-18(27)26-14-15-6-2-1-3-7-15/h1-9H,10-14H2,(H,26,27)(H2,24,25,28). The predicted molar refractivity (Wildman–Crippen MR) is 99.5 cm³/mol. The van der Waals surface area contributed by atoms with Gasteiger partial charge in [-0.05, 0) is 23.6 Å². The summed E-state index contributed by atoms with van der Waals surface area (Å²) in [6.45, 7) is 0.592. The Kier molecular flexibility index (Phi) is 7.86. The summed E-state index contributed by atoms with van der Waals surface area (Å²) in [6.07, 6.45) is -4.26. The van der Waals surface area contributed by atoms with E-state index in [4.69, 9.17) is 0 Å². The average molecular weight is 393 g/mol. The Bertz CT molecular complexity index is 780. The molecule has 0 spiro atoms. The topological polar surface area (TPSA) is 70.2 Å². The van der Waals surface area contributed by atoms with E-state index in [-0.39, 0.29) is 37.4 Å². The predicted octanol–water partition coefficient (Wildman–Crippen LogP) is 3.25. The van der Waals surface area contributed by atoms with Crippen LogP contribution in [0.2, 0.25) is 0 Å². The summed E-state index contributed by atoms with van der Waals surface area (Å²) in [5.74, 6) is -0.205. The van der Waals surface area contributed by atoms with Gasteiger partial charge in [-0.3, -0.25) is 4.79 Å². The molecule has 2 aromatic rings. The molecule has 0 fully saturated rings. The number of hydrogen-bond donors (Lipinski definition) is 3. The third-order valence-electron chi connectivity index (χ3n) is 3.97. The van der Waals surface area contributed by atoms with Crippen molar-refractivity contribution < 1.29 is 22.8 Å². The van der Waals surface area contributed by atoms with Crippen molar-refractivity contribution in [3.63, 3.8) is 0 Å². The molecular weight excluding hydrogens is 371 g/mol. The number of urea groups is 1. The van der Waals surface area contributed by atoms with Crippen LogP contribution in [0.4, 0.5) is 18.0 Å². The third-order valence-corrected chi connectivity index (χ3v) is 3.97. The fraction of sp³-hybridized carbons (Fsp3) is 0.300. The Balaban J connectivity index is 1.64. The van der Waals surface area contributed by atoms with Crippen LogP contribution in [0.15, 0.2) is 54.6 Å². The third kappa shape index (κ3) is 7.30. The zero-order valence-electron chi connectivity index (χ0n) is 15.2. The zero-order valence-corrected chi connectivity index (χ0v) is 15.2. The summed E-state index contributed by atoms with van der Waals surface area (Å²) in [7, 11) is 0. The largest absolute Gasteiger partial charge is 0.416 e. The fourth-order valence-electron chi connectivity index (χ4n) is 2.56. The smallest absolute Gasteiger partial charge is 0.352 e. The van der Waals surface area contributed by atoms with E-state index in [1.165, 1.54) is 18.2 Å². The molecule has 28 heavy (non-hydrogen) atoms. The molecule has 2 rings (SSSR count). The minimum absolute atomic E-state index is 0.0547. The molecule has 0 saturated heterocycles. The van der Waals surface area contributed by atoms with E-state index in [0.717, 1.165) is 11.6 Å². The normalized spacial score (nSPS) is 11.0. The second-order valence-electron chi connectivity index (χ2n) is 6.10. The zero-order chi connectivity index (χ0) is 20.4. The minimum atomic E-state index is -4.42. The number of hydrogen-bond acceptors (Lipinski definition) is 2. The van der Waals surface area contributed by atoms with Crippen molar-refractivity contribution in [3.05, 3.63) is 71.3 Å². The van der Waals surface area contributed by atoms with Gasteiger partial charge in [0.15, 0.2) is 0 Å². The highest BCUT2D eigenvalue weighted by Gasteiger charge is 2.32. The second kappa shape index (κ2) is 10.3. The first-order valence-electron chi connectivity index (χ1n) is 8.83. The molecule has 2 aromatic carbocycles. The van der Waals surface area contributed by atoms with E-state index in [2.05, 4.69) is 16.0 Å². The molecule has 5 nitrogen and oxygen atoms in total. The fourth-order valence-corrected chi connectivity index (χ4v) is 2.56. The Labute approximate surface area is 161 Å².